The molecule has 1 aromatic rings. The maximum atomic E-state index is 12.3. The van der Waals surface area contributed by atoms with Crippen molar-refractivity contribution >= 4 is 23.5 Å². The molecule has 0 fully saturated rings. The van der Waals surface area contributed by atoms with Gasteiger partial charge in [0.25, 0.3) is 5.91 Å². The number of benzene rings is 1. The molecule has 0 radical (unpaired) electrons. The smallest absolute Gasteiger partial charge is 0.323 e. The summed E-state index contributed by atoms with van der Waals surface area (Å²) < 4.78 is 5.56. The Kier molecular flexibility index (Phi) is 4.29. The molecule has 1 aliphatic heterocycles. The standard InChI is InChI=1S/C14H14ClNO4/c1-2-5-16(8-13(17)18)14(19)12-7-9-6-10(15)3-4-11(9)20-12/h2-4,6,12H,1,5,7-8H2,(H,17,18). The highest BCUT2D eigenvalue weighted by Crippen LogP contribution is 2.31. The van der Waals surface area contributed by atoms with Gasteiger partial charge in [0, 0.05) is 18.0 Å². The van der Waals surface area contributed by atoms with E-state index in [-0.39, 0.29) is 19.0 Å². The normalized spacial score (nSPS) is 16.1. The van der Waals surface area contributed by atoms with Gasteiger partial charge in [0.2, 0.25) is 0 Å². The van der Waals surface area contributed by atoms with Gasteiger partial charge in [-0.2, -0.15) is 0 Å². The second kappa shape index (κ2) is 5.96. The van der Waals surface area contributed by atoms with Crippen LogP contribution in [0.2, 0.25) is 5.02 Å². The van der Waals surface area contributed by atoms with Crippen LogP contribution in [0, 0.1) is 0 Å². The first-order valence-electron chi connectivity index (χ1n) is 6.08. The molecule has 0 spiro atoms. The van der Waals surface area contributed by atoms with Crippen molar-refractivity contribution in [2.45, 2.75) is 12.5 Å². The fourth-order valence-electron chi connectivity index (χ4n) is 2.11. The Labute approximate surface area is 121 Å². The summed E-state index contributed by atoms with van der Waals surface area (Å²) in [6.07, 6.45) is 1.17. The van der Waals surface area contributed by atoms with E-state index in [9.17, 15) is 9.59 Å². The van der Waals surface area contributed by atoms with Crippen LogP contribution in [0.1, 0.15) is 5.56 Å². The molecule has 1 heterocycles. The Morgan fingerprint density at radius 3 is 2.95 bits per heavy atom. The van der Waals surface area contributed by atoms with Gasteiger partial charge >= 0.3 is 5.97 Å². The molecular formula is C14H14ClNO4. The van der Waals surface area contributed by atoms with E-state index in [0.29, 0.717) is 17.2 Å². The van der Waals surface area contributed by atoms with Gasteiger partial charge in [0.1, 0.15) is 12.3 Å². The third-order valence-electron chi connectivity index (χ3n) is 2.96. The van der Waals surface area contributed by atoms with E-state index in [2.05, 4.69) is 6.58 Å². The molecule has 0 saturated carbocycles. The van der Waals surface area contributed by atoms with Crippen molar-refractivity contribution in [2.24, 2.45) is 0 Å². The number of aliphatic carboxylic acids is 1. The minimum atomic E-state index is -1.07. The van der Waals surface area contributed by atoms with Crippen molar-refractivity contribution in [3.63, 3.8) is 0 Å². The van der Waals surface area contributed by atoms with Gasteiger partial charge in [0.05, 0.1) is 0 Å². The monoisotopic (exact) mass is 295 g/mol. The van der Waals surface area contributed by atoms with E-state index in [1.807, 2.05) is 0 Å². The molecular weight excluding hydrogens is 282 g/mol. The highest BCUT2D eigenvalue weighted by molar-refractivity contribution is 6.30. The Hall–Kier alpha value is -2.01. The Balaban J connectivity index is 2.10. The average Bonchev–Trinajstić information content (AvgIpc) is 2.79. The molecule has 0 aliphatic carbocycles. The van der Waals surface area contributed by atoms with Gasteiger partial charge in [-0.25, -0.2) is 0 Å². The van der Waals surface area contributed by atoms with E-state index < -0.39 is 12.1 Å². The van der Waals surface area contributed by atoms with Crippen molar-refractivity contribution in [1.29, 1.82) is 0 Å². The number of carboxylic acids is 1. The predicted octanol–water partition coefficient (Wildman–Crippen LogP) is 1.74. The number of carbonyl (C=O) groups is 2. The van der Waals surface area contributed by atoms with Crippen LogP contribution in [0.5, 0.6) is 5.75 Å². The lowest BCUT2D eigenvalue weighted by molar-refractivity contribution is -0.146. The molecule has 5 nitrogen and oxygen atoms in total. The summed E-state index contributed by atoms with van der Waals surface area (Å²) in [6.45, 7) is 3.32. The van der Waals surface area contributed by atoms with Gasteiger partial charge in [-0.1, -0.05) is 17.7 Å². The molecule has 1 aliphatic rings. The molecule has 0 bridgehead atoms. The van der Waals surface area contributed by atoms with Crippen LogP contribution < -0.4 is 4.74 Å². The number of halogens is 1. The SMILES string of the molecule is C=CCN(CC(=O)O)C(=O)C1Cc2cc(Cl)ccc2O1. The molecule has 1 N–H and O–H groups in total. The fourth-order valence-corrected chi connectivity index (χ4v) is 2.30. The van der Waals surface area contributed by atoms with Gasteiger partial charge in [-0.15, -0.1) is 6.58 Å². The molecule has 1 aromatic carbocycles. The molecule has 0 saturated heterocycles. The van der Waals surface area contributed by atoms with E-state index in [1.165, 1.54) is 11.0 Å². The van der Waals surface area contributed by atoms with E-state index >= 15 is 0 Å². The van der Waals surface area contributed by atoms with Gasteiger partial charge < -0.3 is 14.7 Å². The third kappa shape index (κ3) is 3.11. The molecule has 20 heavy (non-hydrogen) atoms. The molecule has 2 rings (SSSR count). The number of carboxylic acid groups (broad SMARTS) is 1. The highest BCUT2D eigenvalue weighted by atomic mass is 35.5. The van der Waals surface area contributed by atoms with E-state index in [0.717, 1.165) is 5.56 Å². The number of hydrogen-bond acceptors (Lipinski definition) is 3. The van der Waals surface area contributed by atoms with Crippen LogP contribution in [-0.4, -0.2) is 41.1 Å². The predicted molar refractivity (Wildman–Crippen MR) is 74.0 cm³/mol. The Morgan fingerprint density at radius 1 is 1.55 bits per heavy atom. The van der Waals surface area contributed by atoms with Crippen LogP contribution >= 0.6 is 11.6 Å². The summed E-state index contributed by atoms with van der Waals surface area (Å²) in [5, 5.41) is 9.40. The Bertz CT molecular complexity index is 558. The lowest BCUT2D eigenvalue weighted by atomic mass is 10.1. The Morgan fingerprint density at radius 2 is 2.30 bits per heavy atom. The molecule has 106 valence electrons. The minimum absolute atomic E-state index is 0.169. The zero-order chi connectivity index (χ0) is 14.7. The number of fused-ring (bicyclic) bond motifs is 1. The topological polar surface area (TPSA) is 66.8 Å². The number of rotatable bonds is 5. The maximum absolute atomic E-state index is 12.3. The summed E-state index contributed by atoms with van der Waals surface area (Å²) in [6, 6.07) is 5.14. The number of carbonyl (C=O) groups excluding carboxylic acids is 1. The number of hydrogen-bond donors (Lipinski definition) is 1. The van der Waals surface area contributed by atoms with Crippen molar-refractivity contribution in [3.8, 4) is 5.75 Å². The first-order chi connectivity index (χ1) is 9.51. The zero-order valence-electron chi connectivity index (χ0n) is 10.7. The second-order valence-corrected chi connectivity index (χ2v) is 4.90. The van der Waals surface area contributed by atoms with Crippen molar-refractivity contribution in [3.05, 3.63) is 41.4 Å². The summed E-state index contributed by atoms with van der Waals surface area (Å²) in [4.78, 5) is 24.3. The highest BCUT2D eigenvalue weighted by Gasteiger charge is 2.32. The quantitative estimate of drug-likeness (QED) is 0.840. The third-order valence-corrected chi connectivity index (χ3v) is 3.19. The van der Waals surface area contributed by atoms with Gasteiger partial charge in [-0.3, -0.25) is 9.59 Å². The number of amides is 1. The fraction of sp³-hybridized carbons (Fsp3) is 0.286. The first-order valence-corrected chi connectivity index (χ1v) is 6.45. The maximum Gasteiger partial charge on any atom is 0.323 e. The summed E-state index contributed by atoms with van der Waals surface area (Å²) >= 11 is 5.89. The van der Waals surface area contributed by atoms with Crippen molar-refractivity contribution in [1.82, 2.24) is 4.90 Å². The summed E-state index contributed by atoms with van der Waals surface area (Å²) in [5.74, 6) is -0.819. The average molecular weight is 296 g/mol. The van der Waals surface area contributed by atoms with Crippen LogP contribution in [0.15, 0.2) is 30.9 Å². The minimum Gasteiger partial charge on any atom is -0.480 e. The summed E-state index contributed by atoms with van der Waals surface area (Å²) in [5.41, 5.74) is 0.852. The number of nitrogens with zero attached hydrogens (tertiary/aromatic N) is 1. The molecule has 1 unspecified atom stereocenters. The van der Waals surface area contributed by atoms with Crippen LogP contribution in [-0.2, 0) is 16.0 Å². The van der Waals surface area contributed by atoms with E-state index in [4.69, 9.17) is 21.4 Å². The van der Waals surface area contributed by atoms with Gasteiger partial charge in [-0.05, 0) is 23.8 Å². The molecule has 0 aromatic heterocycles. The van der Waals surface area contributed by atoms with Crippen LogP contribution in [0.3, 0.4) is 0 Å². The molecule has 1 atom stereocenters. The van der Waals surface area contributed by atoms with Crippen molar-refractivity contribution in [2.75, 3.05) is 13.1 Å². The van der Waals surface area contributed by atoms with E-state index in [1.54, 1.807) is 18.2 Å². The first kappa shape index (κ1) is 14.4. The van der Waals surface area contributed by atoms with Crippen molar-refractivity contribution < 1.29 is 19.4 Å². The molecule has 1 amide bonds. The second-order valence-electron chi connectivity index (χ2n) is 4.46. The van der Waals surface area contributed by atoms with Crippen LogP contribution in [0.25, 0.3) is 0 Å². The zero-order valence-corrected chi connectivity index (χ0v) is 11.5. The lowest BCUT2D eigenvalue weighted by Gasteiger charge is -2.22. The van der Waals surface area contributed by atoms with Crippen LogP contribution in [0.4, 0.5) is 0 Å². The number of ether oxygens (including phenoxy) is 1. The largest absolute Gasteiger partial charge is 0.480 e. The summed E-state index contributed by atoms with van der Waals surface area (Å²) in [7, 11) is 0. The molecule has 6 heteroatoms. The lowest BCUT2D eigenvalue weighted by Crippen LogP contribution is -2.43. The van der Waals surface area contributed by atoms with Gasteiger partial charge in [0.15, 0.2) is 6.10 Å².